The lowest BCUT2D eigenvalue weighted by Gasteiger charge is -1.98. The van der Waals surface area contributed by atoms with Gasteiger partial charge in [0, 0.05) is 12.8 Å². The fraction of sp³-hybridized carbons (Fsp3) is 0.600. The summed E-state index contributed by atoms with van der Waals surface area (Å²) in [4.78, 5) is 42.1. The van der Waals surface area contributed by atoms with Gasteiger partial charge >= 0.3 is 11.9 Å². The molecule has 0 aliphatic heterocycles. The second-order valence-corrected chi connectivity index (χ2v) is 3.43. The van der Waals surface area contributed by atoms with E-state index in [1.807, 2.05) is 0 Å². The highest BCUT2D eigenvalue weighted by atomic mass is 16.4. The number of carboxylic acids is 2. The van der Waals surface area contributed by atoms with Crippen molar-refractivity contribution < 1.29 is 29.4 Å². The predicted octanol–water partition coefficient (Wildman–Crippen LogP) is 0.634. The molecule has 0 fully saturated rings. The first kappa shape index (κ1) is 14.3. The van der Waals surface area contributed by atoms with Crippen LogP contribution in [0.1, 0.15) is 38.5 Å². The molecule has 6 nitrogen and oxygen atoms in total. The van der Waals surface area contributed by atoms with Crippen LogP contribution in [0, 0.1) is 0 Å². The number of rotatable bonds is 9. The van der Waals surface area contributed by atoms with Gasteiger partial charge in [-0.15, -0.1) is 0 Å². The van der Waals surface area contributed by atoms with Crippen LogP contribution in [0.25, 0.3) is 0 Å². The van der Waals surface area contributed by atoms with Gasteiger partial charge < -0.3 is 10.2 Å². The average molecular weight is 230 g/mol. The van der Waals surface area contributed by atoms with Gasteiger partial charge in [0.2, 0.25) is 0 Å². The summed E-state index contributed by atoms with van der Waals surface area (Å²) in [6, 6.07) is 0. The molecule has 0 aromatic heterocycles. The molecule has 2 N–H and O–H groups in total. The van der Waals surface area contributed by atoms with Crippen molar-refractivity contribution in [3.63, 3.8) is 0 Å². The monoisotopic (exact) mass is 230 g/mol. The predicted molar refractivity (Wildman–Crippen MR) is 53.0 cm³/mol. The minimum atomic E-state index is -1.16. The highest BCUT2D eigenvalue weighted by Gasteiger charge is 2.09. The highest BCUT2D eigenvalue weighted by molar-refractivity contribution is 5.95. The van der Waals surface area contributed by atoms with E-state index in [4.69, 9.17) is 10.2 Å². The van der Waals surface area contributed by atoms with Gasteiger partial charge in [-0.05, 0) is 12.8 Å². The smallest absolute Gasteiger partial charge is 0.310 e. The van der Waals surface area contributed by atoms with Gasteiger partial charge in [0.25, 0.3) is 0 Å². The van der Waals surface area contributed by atoms with E-state index < -0.39 is 24.8 Å². The molecule has 0 radical (unpaired) electrons. The molecule has 0 saturated carbocycles. The van der Waals surface area contributed by atoms with E-state index in [-0.39, 0.29) is 24.4 Å². The number of carbonyl (C=O) groups excluding carboxylic acids is 2. The molecule has 16 heavy (non-hydrogen) atoms. The summed E-state index contributed by atoms with van der Waals surface area (Å²) in [6.07, 6.45) is 0.0698. The molecule has 0 heterocycles. The maximum Gasteiger partial charge on any atom is 0.310 e. The summed E-state index contributed by atoms with van der Waals surface area (Å²) in [5, 5.41) is 16.6. The molecule has 90 valence electrons. The lowest BCUT2D eigenvalue weighted by atomic mass is 10.1. The number of Topliss-reactive ketones (excluding diaryl/α,β-unsaturated/α-hetero) is 2. The highest BCUT2D eigenvalue weighted by Crippen LogP contribution is 2.04. The Kier molecular flexibility index (Phi) is 6.74. The molecule has 0 aromatic carbocycles. The van der Waals surface area contributed by atoms with Gasteiger partial charge in [-0.3, -0.25) is 19.2 Å². The van der Waals surface area contributed by atoms with Gasteiger partial charge in [-0.1, -0.05) is 0 Å². The lowest BCUT2D eigenvalue weighted by molar-refractivity contribution is -0.142. The Balaban J connectivity index is 3.53. The third-order valence-corrected chi connectivity index (χ3v) is 1.86. The van der Waals surface area contributed by atoms with Crippen molar-refractivity contribution in [2.24, 2.45) is 0 Å². The molecule has 0 saturated heterocycles. The molecular formula is C10H14O6. The van der Waals surface area contributed by atoms with Crippen LogP contribution in [-0.2, 0) is 19.2 Å². The van der Waals surface area contributed by atoms with Crippen molar-refractivity contribution in [2.75, 3.05) is 0 Å². The molecule has 0 amide bonds. The standard InChI is InChI=1S/C10H14O6/c11-7(5-9(13)14)3-1-2-4-8(12)6-10(15)16/h1-6H2,(H,13,14)(H,15,16). The number of carbonyl (C=O) groups is 4. The molecule has 0 bridgehead atoms. The van der Waals surface area contributed by atoms with Gasteiger partial charge in [0.05, 0.1) is 0 Å². The van der Waals surface area contributed by atoms with Gasteiger partial charge in [0.15, 0.2) is 0 Å². The number of unbranched alkanes of at least 4 members (excludes halogenated alkanes) is 1. The van der Waals surface area contributed by atoms with Gasteiger partial charge in [-0.25, -0.2) is 0 Å². The number of hydrogen-bond donors (Lipinski definition) is 2. The quantitative estimate of drug-likeness (QED) is 0.444. The first-order chi connectivity index (χ1) is 7.41. The molecule has 6 heteroatoms. The van der Waals surface area contributed by atoms with E-state index in [2.05, 4.69) is 0 Å². The van der Waals surface area contributed by atoms with Crippen LogP contribution < -0.4 is 0 Å². The molecule has 0 rings (SSSR count). The number of hydrogen-bond acceptors (Lipinski definition) is 4. The van der Waals surface area contributed by atoms with Crippen LogP contribution in [0.4, 0.5) is 0 Å². The van der Waals surface area contributed by atoms with Crippen LogP contribution in [0.3, 0.4) is 0 Å². The molecule has 0 atom stereocenters. The zero-order valence-corrected chi connectivity index (χ0v) is 8.77. The van der Waals surface area contributed by atoms with Gasteiger partial charge in [0.1, 0.15) is 24.4 Å². The third kappa shape index (κ3) is 8.86. The Morgan fingerprint density at radius 1 is 0.688 bits per heavy atom. The largest absolute Gasteiger partial charge is 0.481 e. The molecule has 0 aliphatic rings. The Hall–Kier alpha value is -1.72. The second kappa shape index (κ2) is 7.56. The Labute approximate surface area is 92.3 Å². The summed E-state index contributed by atoms with van der Waals surface area (Å²) >= 11 is 0. The molecule has 0 spiro atoms. The zero-order valence-electron chi connectivity index (χ0n) is 8.77. The first-order valence-corrected chi connectivity index (χ1v) is 4.89. The molecule has 0 aromatic rings. The number of aliphatic carboxylic acids is 2. The van der Waals surface area contributed by atoms with Crippen molar-refractivity contribution >= 4 is 23.5 Å². The van der Waals surface area contributed by atoms with Crippen LogP contribution >= 0.6 is 0 Å². The van der Waals surface area contributed by atoms with Crippen LogP contribution in [0.15, 0.2) is 0 Å². The maximum atomic E-state index is 10.9. The number of carboxylic acid groups (broad SMARTS) is 2. The van der Waals surface area contributed by atoms with E-state index in [9.17, 15) is 19.2 Å². The normalized spacial score (nSPS) is 9.75. The second-order valence-electron chi connectivity index (χ2n) is 3.43. The molecule has 0 aliphatic carbocycles. The lowest BCUT2D eigenvalue weighted by Crippen LogP contribution is -2.08. The fourth-order valence-corrected chi connectivity index (χ4v) is 1.16. The van der Waals surface area contributed by atoms with E-state index in [1.54, 1.807) is 0 Å². The van der Waals surface area contributed by atoms with E-state index >= 15 is 0 Å². The van der Waals surface area contributed by atoms with Crippen LogP contribution in [0.5, 0.6) is 0 Å². The van der Waals surface area contributed by atoms with Crippen molar-refractivity contribution in [1.82, 2.24) is 0 Å². The summed E-state index contributed by atoms with van der Waals surface area (Å²) in [5.41, 5.74) is 0. The zero-order chi connectivity index (χ0) is 12.6. The third-order valence-electron chi connectivity index (χ3n) is 1.86. The summed E-state index contributed by atoms with van der Waals surface area (Å²) < 4.78 is 0. The van der Waals surface area contributed by atoms with Crippen molar-refractivity contribution in [3.05, 3.63) is 0 Å². The van der Waals surface area contributed by atoms with E-state index in [0.29, 0.717) is 12.8 Å². The average Bonchev–Trinajstić information content (AvgIpc) is 2.10. The Morgan fingerprint density at radius 2 is 1.00 bits per heavy atom. The number of ketones is 2. The van der Waals surface area contributed by atoms with Crippen LogP contribution in [0.2, 0.25) is 0 Å². The van der Waals surface area contributed by atoms with Crippen LogP contribution in [-0.4, -0.2) is 33.7 Å². The minimum absolute atomic E-state index is 0.118. The van der Waals surface area contributed by atoms with Crippen molar-refractivity contribution in [3.8, 4) is 0 Å². The van der Waals surface area contributed by atoms with Gasteiger partial charge in [-0.2, -0.15) is 0 Å². The minimum Gasteiger partial charge on any atom is -0.481 e. The fourth-order valence-electron chi connectivity index (χ4n) is 1.16. The molecular weight excluding hydrogens is 216 g/mol. The first-order valence-electron chi connectivity index (χ1n) is 4.89. The Bertz CT molecular complexity index is 264. The summed E-state index contributed by atoms with van der Waals surface area (Å²) in [5.74, 6) is -3.07. The Morgan fingerprint density at radius 3 is 1.25 bits per heavy atom. The summed E-state index contributed by atoms with van der Waals surface area (Å²) in [6.45, 7) is 0. The molecule has 0 unspecified atom stereocenters. The SMILES string of the molecule is O=C(O)CC(=O)CCCCC(=O)CC(=O)O. The van der Waals surface area contributed by atoms with E-state index in [0.717, 1.165) is 0 Å². The topological polar surface area (TPSA) is 109 Å². The maximum absolute atomic E-state index is 10.9. The van der Waals surface area contributed by atoms with Crippen molar-refractivity contribution in [2.45, 2.75) is 38.5 Å². The van der Waals surface area contributed by atoms with E-state index in [1.165, 1.54) is 0 Å². The summed E-state index contributed by atoms with van der Waals surface area (Å²) in [7, 11) is 0. The van der Waals surface area contributed by atoms with Crippen molar-refractivity contribution in [1.29, 1.82) is 0 Å².